The van der Waals surface area contributed by atoms with Crippen molar-refractivity contribution in [3.05, 3.63) is 83.6 Å². The zero-order chi connectivity index (χ0) is 25.1. The lowest BCUT2D eigenvalue weighted by Gasteiger charge is -2.21. The molecule has 2 aromatic carbocycles. The van der Waals surface area contributed by atoms with Gasteiger partial charge < -0.3 is 9.15 Å². The van der Waals surface area contributed by atoms with E-state index in [0.717, 1.165) is 17.7 Å². The number of aryl methyl sites for hydroxylation is 1. The molecule has 2 heterocycles. The molecular formula is C25H24F3NO5S. The topological polar surface area (TPSA) is 76.8 Å². The average Bonchev–Trinajstić information content (AvgIpc) is 3.54. The number of carbonyl (C=O) groups is 1. The number of carbonyl (C=O) groups excluding carboxylic acids is 1. The molecule has 3 aromatic rings. The maximum absolute atomic E-state index is 12.9. The highest BCUT2D eigenvalue weighted by Gasteiger charge is 2.40. The first-order valence-electron chi connectivity index (χ1n) is 11.1. The summed E-state index contributed by atoms with van der Waals surface area (Å²) >= 11 is 0. The molecule has 186 valence electrons. The van der Waals surface area contributed by atoms with Gasteiger partial charge in [0.15, 0.2) is 5.78 Å². The molecule has 1 aliphatic heterocycles. The quantitative estimate of drug-likeness (QED) is 0.396. The lowest BCUT2D eigenvalue weighted by Crippen LogP contribution is -2.40. The molecule has 0 bridgehead atoms. The Kier molecular flexibility index (Phi) is 7.32. The molecule has 0 N–H and O–H groups in total. The zero-order valence-corrected chi connectivity index (χ0v) is 19.5. The Balaban J connectivity index is 1.33. The van der Waals surface area contributed by atoms with Gasteiger partial charge in [-0.15, -0.1) is 0 Å². The second-order valence-corrected chi connectivity index (χ2v) is 10.1. The molecule has 35 heavy (non-hydrogen) atoms. The van der Waals surface area contributed by atoms with Gasteiger partial charge >= 0.3 is 6.18 Å². The van der Waals surface area contributed by atoms with Crippen LogP contribution in [0.3, 0.4) is 0 Å². The first kappa shape index (κ1) is 25.0. The molecule has 1 aromatic heterocycles. The van der Waals surface area contributed by atoms with Gasteiger partial charge in [-0.1, -0.05) is 24.3 Å². The third-order valence-electron chi connectivity index (χ3n) is 5.88. The second kappa shape index (κ2) is 10.2. The van der Waals surface area contributed by atoms with E-state index in [1.165, 1.54) is 34.8 Å². The predicted molar refractivity (Wildman–Crippen MR) is 121 cm³/mol. The molecule has 0 radical (unpaired) electrons. The van der Waals surface area contributed by atoms with Crippen molar-refractivity contribution in [2.45, 2.75) is 49.6 Å². The summed E-state index contributed by atoms with van der Waals surface area (Å²) < 4.78 is 75.6. The minimum absolute atomic E-state index is 0.0994. The van der Waals surface area contributed by atoms with E-state index in [1.807, 2.05) is 6.07 Å². The molecule has 0 saturated carbocycles. The molecule has 1 fully saturated rings. The van der Waals surface area contributed by atoms with Crippen molar-refractivity contribution in [2.75, 3.05) is 6.54 Å². The Morgan fingerprint density at radius 2 is 1.83 bits per heavy atom. The fourth-order valence-corrected chi connectivity index (χ4v) is 5.64. The van der Waals surface area contributed by atoms with E-state index in [1.54, 1.807) is 18.2 Å². The number of halogens is 3. The lowest BCUT2D eigenvalue weighted by atomic mass is 10.0. The lowest BCUT2D eigenvalue weighted by molar-refractivity contribution is -0.137. The highest BCUT2D eigenvalue weighted by Crippen LogP contribution is 2.30. The van der Waals surface area contributed by atoms with Crippen molar-refractivity contribution in [1.29, 1.82) is 0 Å². The molecule has 6 nitrogen and oxygen atoms in total. The van der Waals surface area contributed by atoms with E-state index in [-0.39, 0.29) is 30.4 Å². The Morgan fingerprint density at radius 3 is 2.51 bits per heavy atom. The predicted octanol–water partition coefficient (Wildman–Crippen LogP) is 5.23. The number of ketones is 1. The summed E-state index contributed by atoms with van der Waals surface area (Å²) in [5, 5.41) is -0.171. The number of furan rings is 1. The third-order valence-corrected chi connectivity index (χ3v) is 7.67. The van der Waals surface area contributed by atoms with Crippen LogP contribution in [0.1, 0.15) is 36.0 Å². The van der Waals surface area contributed by atoms with Crippen LogP contribution in [0, 0.1) is 0 Å². The Labute approximate surface area is 201 Å². The van der Waals surface area contributed by atoms with E-state index in [0.29, 0.717) is 30.6 Å². The van der Waals surface area contributed by atoms with Gasteiger partial charge in [-0.2, -0.15) is 17.5 Å². The Morgan fingerprint density at radius 1 is 1.06 bits per heavy atom. The minimum Gasteiger partial charge on any atom is -0.489 e. The smallest absolute Gasteiger partial charge is 0.416 e. The summed E-state index contributed by atoms with van der Waals surface area (Å²) in [7, 11) is -3.86. The van der Waals surface area contributed by atoms with E-state index >= 15 is 0 Å². The first-order valence-corrected chi connectivity index (χ1v) is 12.5. The number of nitrogens with zero attached hydrogens (tertiary/aromatic N) is 1. The molecule has 1 atom stereocenters. The van der Waals surface area contributed by atoms with Crippen molar-refractivity contribution in [3.63, 3.8) is 0 Å². The van der Waals surface area contributed by atoms with Crippen LogP contribution in [0.25, 0.3) is 0 Å². The Bertz CT molecular complexity index is 1260. The maximum Gasteiger partial charge on any atom is 0.416 e. The van der Waals surface area contributed by atoms with Crippen LogP contribution in [-0.2, 0) is 34.0 Å². The maximum atomic E-state index is 12.9. The fourth-order valence-electron chi connectivity index (χ4n) is 4.06. The van der Waals surface area contributed by atoms with Gasteiger partial charge in [0, 0.05) is 13.0 Å². The number of sulfonamides is 1. The summed E-state index contributed by atoms with van der Waals surface area (Å²) in [5.41, 5.74) is 0.713. The van der Waals surface area contributed by atoms with Crippen LogP contribution in [0.15, 0.2) is 76.4 Å². The number of hydrogen-bond acceptors (Lipinski definition) is 5. The van der Waals surface area contributed by atoms with E-state index in [2.05, 4.69) is 0 Å². The van der Waals surface area contributed by atoms with Crippen molar-refractivity contribution < 1.29 is 35.5 Å². The summed E-state index contributed by atoms with van der Waals surface area (Å²) in [4.78, 5) is 12.9. The number of hydrogen-bond donors (Lipinski definition) is 0. The average molecular weight is 508 g/mol. The van der Waals surface area contributed by atoms with Crippen molar-refractivity contribution >= 4 is 15.8 Å². The minimum atomic E-state index is -4.39. The molecule has 0 spiro atoms. The van der Waals surface area contributed by atoms with Crippen molar-refractivity contribution in [3.8, 4) is 5.75 Å². The van der Waals surface area contributed by atoms with E-state index in [9.17, 15) is 26.4 Å². The largest absolute Gasteiger partial charge is 0.489 e. The summed E-state index contributed by atoms with van der Waals surface area (Å²) in [6.45, 7) is 0.370. The van der Waals surface area contributed by atoms with E-state index in [4.69, 9.17) is 9.15 Å². The van der Waals surface area contributed by atoms with Gasteiger partial charge in [0.05, 0.1) is 17.9 Å². The van der Waals surface area contributed by atoms with Gasteiger partial charge in [-0.05, 0) is 66.8 Å². The van der Waals surface area contributed by atoms with Gasteiger partial charge in [-0.25, -0.2) is 8.42 Å². The van der Waals surface area contributed by atoms with Crippen LogP contribution >= 0.6 is 0 Å². The Hall–Kier alpha value is -3.11. The molecular weight excluding hydrogens is 483 g/mol. The van der Waals surface area contributed by atoms with E-state index < -0.39 is 27.8 Å². The van der Waals surface area contributed by atoms with Crippen molar-refractivity contribution in [2.24, 2.45) is 0 Å². The van der Waals surface area contributed by atoms with Gasteiger partial charge in [0.2, 0.25) is 5.09 Å². The van der Waals surface area contributed by atoms with Crippen LogP contribution in [-0.4, -0.2) is 31.1 Å². The first-order chi connectivity index (χ1) is 16.6. The zero-order valence-electron chi connectivity index (χ0n) is 18.7. The molecule has 1 aliphatic rings. The highest BCUT2D eigenvalue weighted by molar-refractivity contribution is 7.89. The molecule has 10 heteroatoms. The van der Waals surface area contributed by atoms with Crippen molar-refractivity contribution in [1.82, 2.24) is 4.31 Å². The summed E-state index contributed by atoms with van der Waals surface area (Å²) in [6.07, 6.45) is -1.46. The van der Waals surface area contributed by atoms with Crippen LogP contribution < -0.4 is 4.74 Å². The van der Waals surface area contributed by atoms with Gasteiger partial charge in [0.25, 0.3) is 10.0 Å². The monoisotopic (exact) mass is 507 g/mol. The molecule has 1 saturated heterocycles. The number of Topliss-reactive ketones (excluding diaryl/α,β-unsaturated/α-hetero) is 1. The van der Waals surface area contributed by atoms with Crippen LogP contribution in [0.2, 0.25) is 0 Å². The summed E-state index contributed by atoms with van der Waals surface area (Å²) in [6, 6.07) is 14.0. The molecule has 4 rings (SSSR count). The summed E-state index contributed by atoms with van der Waals surface area (Å²) in [5.74, 6) is 0.367. The SMILES string of the molecule is O=C(CCc1cccc(OCc2ccc(C(F)(F)F)cc2)c1)[C@@H]1CCCN1S(=O)(=O)c1ccco1. The normalized spacial score (nSPS) is 16.9. The fraction of sp³-hybridized carbons (Fsp3) is 0.320. The highest BCUT2D eigenvalue weighted by atomic mass is 32.2. The second-order valence-electron chi connectivity index (χ2n) is 8.30. The number of alkyl halides is 3. The number of rotatable bonds is 9. The van der Waals surface area contributed by atoms with Gasteiger partial charge in [-0.3, -0.25) is 4.79 Å². The standard InChI is InChI=1S/C25H24F3NO5S/c26-25(27,28)20-11-8-19(9-12-20)17-34-21-5-1-4-18(16-21)10-13-23(30)22-6-2-14-29(22)35(31,32)24-7-3-15-33-24/h1,3-5,7-9,11-12,15-16,22H,2,6,10,13-14,17H2/t22-/m0/s1. The molecule has 0 amide bonds. The van der Waals surface area contributed by atoms with Gasteiger partial charge in [0.1, 0.15) is 12.4 Å². The number of benzene rings is 2. The third kappa shape index (κ3) is 5.94. The molecule has 0 aliphatic carbocycles. The van der Waals surface area contributed by atoms with Crippen LogP contribution in [0.5, 0.6) is 5.75 Å². The molecule has 0 unspecified atom stereocenters. The van der Waals surface area contributed by atoms with Crippen LogP contribution in [0.4, 0.5) is 13.2 Å². The number of ether oxygens (including phenoxy) is 1.